The molecule has 0 aliphatic carbocycles. The van der Waals surface area contributed by atoms with Gasteiger partial charge in [-0.2, -0.15) is 0 Å². The van der Waals surface area contributed by atoms with Gasteiger partial charge in [0.2, 0.25) is 0 Å². The van der Waals surface area contributed by atoms with Crippen LogP contribution in [0.25, 0.3) is 0 Å². The van der Waals surface area contributed by atoms with Crippen LogP contribution in [0.2, 0.25) is 0 Å². The fourth-order valence-electron chi connectivity index (χ4n) is 3.54. The maximum Gasteiger partial charge on any atom is 0.0994 e. The first-order chi connectivity index (χ1) is 13.9. The number of rotatable bonds is 4. The number of hydrogen-bond donors (Lipinski definition) is 0. The molecule has 1 aliphatic heterocycles. The molecule has 152 valence electrons. The van der Waals surface area contributed by atoms with Gasteiger partial charge in [-0.1, -0.05) is 60.7 Å². The molecule has 0 amide bonds. The van der Waals surface area contributed by atoms with Crippen LogP contribution in [0.5, 0.6) is 0 Å². The summed E-state index contributed by atoms with van der Waals surface area (Å²) >= 11 is 0. The molecular weight excluding hydrogens is 352 g/mol. The van der Waals surface area contributed by atoms with E-state index >= 15 is 0 Å². The Morgan fingerprint density at radius 3 is 1.64 bits per heavy atom. The normalized spacial score (nSPS) is 19.6. The van der Waals surface area contributed by atoms with E-state index in [1.807, 2.05) is 0 Å². The van der Waals surface area contributed by atoms with Crippen molar-refractivity contribution in [1.29, 1.82) is 0 Å². The van der Waals surface area contributed by atoms with Crippen molar-refractivity contribution in [3.63, 3.8) is 0 Å². The van der Waals surface area contributed by atoms with Crippen LogP contribution in [0.1, 0.15) is 24.0 Å². The van der Waals surface area contributed by atoms with Gasteiger partial charge >= 0.3 is 0 Å². The second kappa shape index (κ2) is 12.0. The first kappa shape index (κ1) is 21.0. The zero-order chi connectivity index (χ0) is 19.3. The summed E-state index contributed by atoms with van der Waals surface area (Å²) in [6.45, 7) is 4.58. The Kier molecular flexibility index (Phi) is 8.98. The average molecular weight is 385 g/mol. The van der Waals surface area contributed by atoms with Crippen LogP contribution >= 0.6 is 0 Å². The van der Waals surface area contributed by atoms with Crippen molar-refractivity contribution in [1.82, 2.24) is 0 Å². The van der Waals surface area contributed by atoms with Crippen molar-refractivity contribution in [2.75, 3.05) is 46.2 Å². The molecule has 3 rings (SSSR count). The second-order valence-electron chi connectivity index (χ2n) is 7.34. The number of benzene rings is 2. The molecule has 0 aromatic heterocycles. The molecule has 0 spiro atoms. The molecule has 1 saturated heterocycles. The quantitative estimate of drug-likeness (QED) is 0.796. The van der Waals surface area contributed by atoms with Crippen LogP contribution in [-0.4, -0.2) is 51.8 Å². The van der Waals surface area contributed by atoms with Gasteiger partial charge in [-0.25, -0.2) is 0 Å². The summed E-state index contributed by atoms with van der Waals surface area (Å²) in [6, 6.07) is 21.1. The van der Waals surface area contributed by atoms with E-state index in [-0.39, 0.29) is 0 Å². The van der Waals surface area contributed by atoms with Crippen molar-refractivity contribution in [2.24, 2.45) is 0 Å². The lowest BCUT2D eigenvalue weighted by Crippen LogP contribution is -2.43. The lowest BCUT2D eigenvalue weighted by molar-refractivity contribution is -0.105. The van der Waals surface area contributed by atoms with Crippen LogP contribution < -0.4 is 0 Å². The largest absolute Gasteiger partial charge is 0.379 e. The van der Waals surface area contributed by atoms with Gasteiger partial charge in [0.25, 0.3) is 0 Å². The van der Waals surface area contributed by atoms with Gasteiger partial charge in [0.1, 0.15) is 0 Å². The smallest absolute Gasteiger partial charge is 0.0994 e. The summed E-state index contributed by atoms with van der Waals surface area (Å²) in [5.41, 5.74) is 2.14. The molecule has 0 N–H and O–H groups in total. The fourth-order valence-corrected chi connectivity index (χ4v) is 3.54. The van der Waals surface area contributed by atoms with Gasteiger partial charge in [-0.3, -0.25) is 0 Å². The molecule has 0 bridgehead atoms. The van der Waals surface area contributed by atoms with Crippen LogP contribution in [0, 0.1) is 0 Å². The molecule has 28 heavy (non-hydrogen) atoms. The summed E-state index contributed by atoms with van der Waals surface area (Å²) in [5.74, 6) is 0. The molecule has 2 aromatic carbocycles. The van der Waals surface area contributed by atoms with Crippen LogP contribution in [0.15, 0.2) is 60.7 Å². The minimum absolute atomic E-state index is 0.395. The molecule has 4 nitrogen and oxygen atoms in total. The summed E-state index contributed by atoms with van der Waals surface area (Å²) < 4.78 is 23.9. The highest BCUT2D eigenvalue weighted by molar-refractivity contribution is 5.22. The van der Waals surface area contributed by atoms with Crippen molar-refractivity contribution in [3.8, 4) is 0 Å². The lowest BCUT2D eigenvalue weighted by atomic mass is 9.88. The Morgan fingerprint density at radius 1 is 0.571 bits per heavy atom. The molecule has 0 atom stereocenters. The van der Waals surface area contributed by atoms with E-state index in [0.29, 0.717) is 46.2 Å². The summed E-state index contributed by atoms with van der Waals surface area (Å²) in [6.07, 6.45) is 3.39. The van der Waals surface area contributed by atoms with E-state index in [2.05, 4.69) is 60.7 Å². The molecule has 4 heteroatoms. The average Bonchev–Trinajstić information content (AvgIpc) is 2.73. The standard InChI is InChI=1S/C24H32O4/c1-3-9-22(10-4-1)19-24(20-23-11-5-2-6-12-23)21-27-15-7-13-25-17-18-26-14-8-16-28-24/h1-6,9-12H,7-8,13-21H2. The van der Waals surface area contributed by atoms with Gasteiger partial charge in [-0.05, 0) is 24.0 Å². The predicted octanol–water partition coefficient (Wildman–Crippen LogP) is 4.07. The van der Waals surface area contributed by atoms with Gasteiger partial charge in [0.15, 0.2) is 0 Å². The number of ether oxygens (including phenoxy) is 4. The van der Waals surface area contributed by atoms with Gasteiger partial charge < -0.3 is 18.9 Å². The summed E-state index contributed by atoms with van der Waals surface area (Å²) in [7, 11) is 0. The Balaban J connectivity index is 1.76. The molecule has 1 fully saturated rings. The molecular formula is C24H32O4. The molecule has 0 unspecified atom stereocenters. The highest BCUT2D eigenvalue weighted by Crippen LogP contribution is 2.25. The van der Waals surface area contributed by atoms with E-state index in [4.69, 9.17) is 18.9 Å². The minimum Gasteiger partial charge on any atom is -0.379 e. The van der Waals surface area contributed by atoms with Crippen molar-refractivity contribution in [2.45, 2.75) is 31.3 Å². The molecule has 2 aromatic rings. The van der Waals surface area contributed by atoms with E-state index in [1.54, 1.807) is 0 Å². The second-order valence-corrected chi connectivity index (χ2v) is 7.34. The third-order valence-electron chi connectivity index (χ3n) is 4.89. The zero-order valence-electron chi connectivity index (χ0n) is 16.7. The van der Waals surface area contributed by atoms with Crippen LogP contribution in [0.4, 0.5) is 0 Å². The zero-order valence-corrected chi connectivity index (χ0v) is 16.7. The van der Waals surface area contributed by atoms with Crippen molar-refractivity contribution >= 4 is 0 Å². The first-order valence-corrected chi connectivity index (χ1v) is 10.3. The highest BCUT2D eigenvalue weighted by Gasteiger charge is 2.32. The topological polar surface area (TPSA) is 36.9 Å². The summed E-state index contributed by atoms with van der Waals surface area (Å²) in [4.78, 5) is 0. The predicted molar refractivity (Wildman–Crippen MR) is 111 cm³/mol. The maximum absolute atomic E-state index is 6.55. The Morgan fingerprint density at radius 2 is 1.07 bits per heavy atom. The van der Waals surface area contributed by atoms with Crippen molar-refractivity contribution in [3.05, 3.63) is 71.8 Å². The maximum atomic E-state index is 6.55. The number of hydrogen-bond acceptors (Lipinski definition) is 4. The molecule has 1 aliphatic rings. The van der Waals surface area contributed by atoms with E-state index < -0.39 is 5.60 Å². The van der Waals surface area contributed by atoms with Gasteiger partial charge in [-0.15, -0.1) is 0 Å². The van der Waals surface area contributed by atoms with Gasteiger partial charge in [0.05, 0.1) is 25.4 Å². The SMILES string of the molecule is c1ccc(CC2(Cc3ccccc3)COCCCOCCOCCCO2)cc1. The van der Waals surface area contributed by atoms with Crippen LogP contribution in [0.3, 0.4) is 0 Å². The summed E-state index contributed by atoms with van der Waals surface area (Å²) in [5, 5.41) is 0. The Hall–Kier alpha value is -1.72. The Labute approximate surface area is 168 Å². The monoisotopic (exact) mass is 384 g/mol. The molecule has 0 saturated carbocycles. The fraction of sp³-hybridized carbons (Fsp3) is 0.500. The first-order valence-electron chi connectivity index (χ1n) is 10.3. The third kappa shape index (κ3) is 7.36. The van der Waals surface area contributed by atoms with Crippen molar-refractivity contribution < 1.29 is 18.9 Å². The lowest BCUT2D eigenvalue weighted by Gasteiger charge is -2.34. The van der Waals surface area contributed by atoms with Gasteiger partial charge in [0, 0.05) is 39.3 Å². The minimum atomic E-state index is -0.395. The third-order valence-corrected chi connectivity index (χ3v) is 4.89. The molecule has 0 radical (unpaired) electrons. The van der Waals surface area contributed by atoms with E-state index in [9.17, 15) is 0 Å². The highest BCUT2D eigenvalue weighted by atomic mass is 16.5. The van der Waals surface area contributed by atoms with E-state index in [0.717, 1.165) is 25.7 Å². The molecule has 1 heterocycles. The van der Waals surface area contributed by atoms with E-state index in [1.165, 1.54) is 11.1 Å². The van der Waals surface area contributed by atoms with Crippen LogP contribution in [-0.2, 0) is 31.8 Å². The Bertz CT molecular complexity index is 587.